The molecule has 2 heterocycles. The maximum Gasteiger partial charge on any atom is 0.265 e. The molecule has 0 unspecified atom stereocenters. The van der Waals surface area contributed by atoms with Crippen LogP contribution in [0.5, 0.6) is 5.75 Å². The van der Waals surface area contributed by atoms with E-state index >= 15 is 0 Å². The third-order valence-electron chi connectivity index (χ3n) is 5.50. The number of carbonyl (C=O) groups is 1. The molecule has 0 N–H and O–H groups in total. The van der Waals surface area contributed by atoms with E-state index in [-0.39, 0.29) is 12.5 Å². The van der Waals surface area contributed by atoms with E-state index in [1.165, 1.54) is 5.56 Å². The first-order valence-corrected chi connectivity index (χ1v) is 11.8. The zero-order valence-corrected chi connectivity index (χ0v) is 18.9. The fourth-order valence-electron chi connectivity index (χ4n) is 3.86. The van der Waals surface area contributed by atoms with Crippen molar-refractivity contribution in [2.45, 2.75) is 12.8 Å². The molecular formula is C26H21ClN2O2S. The Bertz CT molecular complexity index is 1260. The smallest absolute Gasteiger partial charge is 0.265 e. The zero-order chi connectivity index (χ0) is 21.9. The van der Waals surface area contributed by atoms with Gasteiger partial charge in [0.15, 0.2) is 6.61 Å². The summed E-state index contributed by atoms with van der Waals surface area (Å²) in [5.41, 5.74) is 4.81. The van der Waals surface area contributed by atoms with Crippen molar-refractivity contribution in [1.82, 2.24) is 4.98 Å². The molecular weight excluding hydrogens is 440 g/mol. The van der Waals surface area contributed by atoms with E-state index in [4.69, 9.17) is 21.3 Å². The number of aromatic nitrogens is 1. The Balaban J connectivity index is 1.39. The molecule has 4 nitrogen and oxygen atoms in total. The lowest BCUT2D eigenvalue weighted by molar-refractivity contribution is -0.121. The third-order valence-corrected chi connectivity index (χ3v) is 6.70. The summed E-state index contributed by atoms with van der Waals surface area (Å²) in [6.07, 6.45) is 1.81. The normalized spacial score (nSPS) is 13.0. The molecule has 6 heteroatoms. The molecule has 1 aliphatic heterocycles. The molecule has 0 spiro atoms. The number of benzene rings is 3. The van der Waals surface area contributed by atoms with Gasteiger partial charge in [-0.15, -0.1) is 11.3 Å². The first kappa shape index (κ1) is 20.7. The van der Waals surface area contributed by atoms with Gasteiger partial charge in [-0.1, -0.05) is 60.1 Å². The third kappa shape index (κ3) is 4.27. The molecule has 1 amide bonds. The van der Waals surface area contributed by atoms with E-state index in [1.54, 1.807) is 11.3 Å². The number of nitrogens with zero attached hydrogens (tertiary/aromatic N) is 2. The molecule has 3 aromatic carbocycles. The Morgan fingerprint density at radius 2 is 1.84 bits per heavy atom. The summed E-state index contributed by atoms with van der Waals surface area (Å²) in [6.45, 7) is 0.723. The number of amides is 1. The van der Waals surface area contributed by atoms with Gasteiger partial charge in [-0.2, -0.15) is 0 Å². The summed E-state index contributed by atoms with van der Waals surface area (Å²) in [7, 11) is 0. The van der Waals surface area contributed by atoms with E-state index in [1.807, 2.05) is 70.9 Å². The molecule has 160 valence electrons. The van der Waals surface area contributed by atoms with Crippen LogP contribution >= 0.6 is 22.9 Å². The van der Waals surface area contributed by atoms with Gasteiger partial charge in [-0.3, -0.25) is 4.79 Å². The van der Waals surface area contributed by atoms with Crippen molar-refractivity contribution in [3.63, 3.8) is 0 Å². The Hall–Kier alpha value is -3.15. The topological polar surface area (TPSA) is 42.4 Å². The van der Waals surface area contributed by atoms with Crippen LogP contribution in [0.25, 0.3) is 21.8 Å². The van der Waals surface area contributed by atoms with E-state index in [9.17, 15) is 4.79 Å². The number of fused-ring (bicyclic) bond motifs is 1. The number of hydrogen-bond acceptors (Lipinski definition) is 4. The van der Waals surface area contributed by atoms with Crippen molar-refractivity contribution >= 4 is 34.5 Å². The summed E-state index contributed by atoms with van der Waals surface area (Å²) in [5.74, 6) is 0.715. The number of thiazole rings is 1. The number of hydrogen-bond donors (Lipinski definition) is 0. The maximum atomic E-state index is 12.6. The second kappa shape index (κ2) is 9.15. The predicted molar refractivity (Wildman–Crippen MR) is 131 cm³/mol. The molecule has 0 saturated heterocycles. The number of halogens is 1. The monoisotopic (exact) mass is 460 g/mol. The molecule has 0 fully saturated rings. The fraction of sp³-hybridized carbons (Fsp3) is 0.154. The summed E-state index contributed by atoms with van der Waals surface area (Å²) >= 11 is 7.90. The first-order valence-electron chi connectivity index (χ1n) is 10.5. The lowest BCUT2D eigenvalue weighted by atomic mass is 10.1. The van der Waals surface area contributed by atoms with Crippen LogP contribution in [0.1, 0.15) is 12.0 Å². The zero-order valence-electron chi connectivity index (χ0n) is 17.3. The second-order valence-corrected chi connectivity index (χ2v) is 8.89. The van der Waals surface area contributed by atoms with Gasteiger partial charge in [0.05, 0.1) is 16.4 Å². The highest BCUT2D eigenvalue weighted by Gasteiger charge is 2.26. The average Bonchev–Trinajstić information content (AvgIpc) is 3.31. The number of anilines is 1. The minimum absolute atomic E-state index is 0.0160. The number of rotatable bonds is 6. The van der Waals surface area contributed by atoms with Crippen LogP contribution in [0.2, 0.25) is 5.02 Å². The van der Waals surface area contributed by atoms with E-state index in [0.717, 1.165) is 46.1 Å². The largest absolute Gasteiger partial charge is 0.482 e. The van der Waals surface area contributed by atoms with Gasteiger partial charge >= 0.3 is 0 Å². The Labute approximate surface area is 196 Å². The Morgan fingerprint density at radius 3 is 2.69 bits per heavy atom. The SMILES string of the molecule is O=C1COc2ccc(-c3csc(-c4ccccc4Cl)n3)cc2N1CCCc1ccccc1. The van der Waals surface area contributed by atoms with Crippen molar-refractivity contribution in [2.24, 2.45) is 0 Å². The molecule has 0 bridgehead atoms. The van der Waals surface area contributed by atoms with Crippen molar-refractivity contribution in [2.75, 3.05) is 18.1 Å². The number of carbonyl (C=O) groups excluding carboxylic acids is 1. The molecule has 32 heavy (non-hydrogen) atoms. The van der Waals surface area contributed by atoms with Gasteiger partial charge < -0.3 is 9.64 Å². The van der Waals surface area contributed by atoms with E-state index < -0.39 is 0 Å². The standard InChI is InChI=1S/C26H21ClN2O2S/c27-21-11-5-4-10-20(21)26-28-22(17-32-26)19-12-13-24-23(15-19)29(25(30)16-31-24)14-6-9-18-7-2-1-3-8-18/h1-5,7-8,10-13,15,17H,6,9,14,16H2. The van der Waals surface area contributed by atoms with Crippen LogP contribution in [0.4, 0.5) is 5.69 Å². The van der Waals surface area contributed by atoms with Crippen LogP contribution < -0.4 is 9.64 Å². The van der Waals surface area contributed by atoms with Crippen molar-refractivity contribution in [3.05, 3.63) is 88.8 Å². The molecule has 0 aliphatic carbocycles. The molecule has 5 rings (SSSR count). The number of aryl methyl sites for hydroxylation is 1. The molecule has 1 aliphatic rings. The van der Waals surface area contributed by atoms with Crippen LogP contribution in [0, 0.1) is 0 Å². The van der Waals surface area contributed by atoms with Gasteiger partial charge in [0.2, 0.25) is 0 Å². The van der Waals surface area contributed by atoms with Crippen molar-refractivity contribution in [3.8, 4) is 27.6 Å². The lowest BCUT2D eigenvalue weighted by Crippen LogP contribution is -2.39. The minimum atomic E-state index is -0.0160. The summed E-state index contributed by atoms with van der Waals surface area (Å²) < 4.78 is 5.69. The molecule has 1 aromatic heterocycles. The van der Waals surface area contributed by atoms with Gasteiger partial charge in [0.1, 0.15) is 10.8 Å². The highest BCUT2D eigenvalue weighted by molar-refractivity contribution is 7.13. The minimum Gasteiger partial charge on any atom is -0.482 e. The maximum absolute atomic E-state index is 12.6. The molecule has 4 aromatic rings. The van der Waals surface area contributed by atoms with Crippen molar-refractivity contribution in [1.29, 1.82) is 0 Å². The average molecular weight is 461 g/mol. The Morgan fingerprint density at radius 1 is 1.03 bits per heavy atom. The summed E-state index contributed by atoms with van der Waals surface area (Å²) in [4.78, 5) is 19.3. The van der Waals surface area contributed by atoms with E-state index in [2.05, 4.69) is 12.1 Å². The molecule has 0 saturated carbocycles. The van der Waals surface area contributed by atoms with E-state index in [0.29, 0.717) is 11.6 Å². The van der Waals surface area contributed by atoms with Crippen LogP contribution in [0.15, 0.2) is 78.2 Å². The van der Waals surface area contributed by atoms with Gasteiger partial charge in [0.25, 0.3) is 5.91 Å². The Kier molecular flexibility index (Phi) is 5.93. The highest BCUT2D eigenvalue weighted by Crippen LogP contribution is 2.38. The molecule has 0 atom stereocenters. The van der Waals surface area contributed by atoms with Crippen molar-refractivity contribution < 1.29 is 9.53 Å². The van der Waals surface area contributed by atoms with Crippen LogP contribution in [0.3, 0.4) is 0 Å². The summed E-state index contributed by atoms with van der Waals surface area (Å²) in [5, 5.41) is 3.57. The lowest BCUT2D eigenvalue weighted by Gasteiger charge is -2.29. The van der Waals surface area contributed by atoms with Gasteiger partial charge in [-0.25, -0.2) is 4.98 Å². The summed E-state index contributed by atoms with van der Waals surface area (Å²) in [6, 6.07) is 24.0. The second-order valence-electron chi connectivity index (χ2n) is 7.62. The first-order chi connectivity index (χ1) is 15.7. The van der Waals surface area contributed by atoms with Gasteiger partial charge in [0, 0.05) is 23.1 Å². The van der Waals surface area contributed by atoms with Crippen LogP contribution in [-0.4, -0.2) is 24.0 Å². The van der Waals surface area contributed by atoms with Crippen LogP contribution in [-0.2, 0) is 11.2 Å². The predicted octanol–water partition coefficient (Wildman–Crippen LogP) is 6.49. The number of ether oxygens (including phenoxy) is 1. The fourth-order valence-corrected chi connectivity index (χ4v) is 5.01. The highest BCUT2D eigenvalue weighted by atomic mass is 35.5. The quantitative estimate of drug-likeness (QED) is 0.330. The van der Waals surface area contributed by atoms with Gasteiger partial charge in [-0.05, 0) is 42.7 Å². The molecule has 0 radical (unpaired) electrons.